The quantitative estimate of drug-likeness (QED) is 0.155. The van der Waals surface area contributed by atoms with E-state index < -0.39 is 99.0 Å². The zero-order valence-corrected chi connectivity index (χ0v) is 16.0. The summed E-state index contributed by atoms with van der Waals surface area (Å²) in [6, 6.07) is -1.69. The molecular formula is C16H27NO14. The molecule has 0 saturated carbocycles. The van der Waals surface area contributed by atoms with Gasteiger partial charge in [-0.15, -0.1) is 0 Å². The molecule has 2 saturated heterocycles. The molecule has 1 unspecified atom stereocenters. The molecule has 2 heterocycles. The summed E-state index contributed by atoms with van der Waals surface area (Å²) >= 11 is 0. The maximum atomic E-state index is 11.2. The molecule has 0 radical (unpaired) electrons. The minimum atomic E-state index is -1.87. The number of aliphatic hydroxyl groups excluding tert-OH is 7. The summed E-state index contributed by atoms with van der Waals surface area (Å²) in [6.45, 7) is -1.56. The second-order valence-electron chi connectivity index (χ2n) is 7.21. The number of aliphatic hydroxyl groups is 7. The van der Waals surface area contributed by atoms with Crippen molar-refractivity contribution in [3.8, 4) is 0 Å². The van der Waals surface area contributed by atoms with Crippen LogP contribution in [-0.4, -0.2) is 139 Å². The Kier molecular flexibility index (Phi) is 9.04. The van der Waals surface area contributed by atoms with E-state index in [2.05, 4.69) is 5.32 Å². The molecule has 11 atom stereocenters. The van der Waals surface area contributed by atoms with Crippen molar-refractivity contribution >= 4 is 11.9 Å². The molecule has 15 heteroatoms. The number of hydrogen-bond acceptors (Lipinski definition) is 13. The average molecular weight is 457 g/mol. The number of nitrogens with one attached hydrogen (secondary N) is 1. The number of aliphatic carboxylic acids is 2. The number of rotatable bonds is 9. The predicted molar refractivity (Wildman–Crippen MR) is 93.2 cm³/mol. The lowest BCUT2D eigenvalue weighted by molar-refractivity contribution is -0.343. The van der Waals surface area contributed by atoms with Crippen molar-refractivity contribution in [1.29, 1.82) is 0 Å². The molecular weight excluding hydrogens is 430 g/mol. The van der Waals surface area contributed by atoms with E-state index in [1.807, 2.05) is 0 Å². The molecule has 2 aliphatic heterocycles. The number of carboxylic acids is 2. The lowest BCUT2D eigenvalue weighted by Gasteiger charge is -2.46. The smallest absolute Gasteiger partial charge is 0.321 e. The van der Waals surface area contributed by atoms with Gasteiger partial charge in [0.25, 0.3) is 0 Å². The fourth-order valence-corrected chi connectivity index (χ4v) is 3.32. The van der Waals surface area contributed by atoms with Gasteiger partial charge in [-0.05, 0) is 0 Å². The number of ether oxygens (including phenoxy) is 3. The van der Waals surface area contributed by atoms with E-state index >= 15 is 0 Å². The molecule has 0 spiro atoms. The topological polar surface area (TPSA) is 256 Å². The average Bonchev–Trinajstić information content (AvgIpc) is 2.72. The second kappa shape index (κ2) is 10.9. The van der Waals surface area contributed by atoms with E-state index in [0.29, 0.717) is 0 Å². The molecule has 0 bridgehead atoms. The van der Waals surface area contributed by atoms with Crippen LogP contribution in [0.25, 0.3) is 0 Å². The summed E-state index contributed by atoms with van der Waals surface area (Å²) in [5.41, 5.74) is 0. The summed E-state index contributed by atoms with van der Waals surface area (Å²) in [7, 11) is 0. The highest BCUT2D eigenvalue weighted by molar-refractivity contribution is 5.80. The normalized spacial score (nSPS) is 42.2. The molecule has 0 aromatic heterocycles. The minimum Gasteiger partial charge on any atom is -0.481 e. The largest absolute Gasteiger partial charge is 0.481 e. The Bertz CT molecular complexity index is 617. The summed E-state index contributed by atoms with van der Waals surface area (Å²) < 4.78 is 15.8. The first-order chi connectivity index (χ1) is 14.5. The van der Waals surface area contributed by atoms with Crippen molar-refractivity contribution in [1.82, 2.24) is 5.32 Å². The molecule has 2 fully saturated rings. The molecule has 15 nitrogen and oxygen atoms in total. The monoisotopic (exact) mass is 457 g/mol. The van der Waals surface area contributed by atoms with Crippen LogP contribution in [-0.2, 0) is 23.8 Å². The van der Waals surface area contributed by atoms with Crippen LogP contribution < -0.4 is 5.32 Å². The number of carbonyl (C=O) groups is 2. The van der Waals surface area contributed by atoms with Crippen molar-refractivity contribution in [3.63, 3.8) is 0 Å². The van der Waals surface area contributed by atoms with Gasteiger partial charge in [-0.25, -0.2) is 0 Å². The van der Waals surface area contributed by atoms with E-state index in [4.69, 9.17) is 24.4 Å². The van der Waals surface area contributed by atoms with Gasteiger partial charge in [0.05, 0.1) is 19.6 Å². The Hall–Kier alpha value is -1.50. The third kappa shape index (κ3) is 5.85. The molecule has 10 N–H and O–H groups in total. The van der Waals surface area contributed by atoms with Crippen LogP contribution in [0, 0.1) is 0 Å². The number of hydrogen-bond donors (Lipinski definition) is 10. The molecule has 2 rings (SSSR count). The third-order valence-electron chi connectivity index (χ3n) is 5.05. The summed E-state index contributed by atoms with van der Waals surface area (Å²) in [6.07, 6.45) is -17.5. The first-order valence-electron chi connectivity index (χ1n) is 9.30. The van der Waals surface area contributed by atoms with Gasteiger partial charge in [0.1, 0.15) is 61.1 Å². The number of carboxylic acid groups (broad SMARTS) is 2. The van der Waals surface area contributed by atoms with E-state index in [1.165, 1.54) is 0 Å². The van der Waals surface area contributed by atoms with Crippen LogP contribution in [0.3, 0.4) is 0 Å². The second-order valence-corrected chi connectivity index (χ2v) is 7.21. The fraction of sp³-hybridized carbons (Fsp3) is 0.875. The van der Waals surface area contributed by atoms with Gasteiger partial charge in [-0.3, -0.25) is 14.9 Å². The lowest BCUT2D eigenvalue weighted by Crippen LogP contribution is -2.67. The highest BCUT2D eigenvalue weighted by Gasteiger charge is 2.50. The van der Waals surface area contributed by atoms with Crippen molar-refractivity contribution in [2.75, 3.05) is 13.2 Å². The summed E-state index contributed by atoms with van der Waals surface area (Å²) in [5.74, 6) is -3.01. The maximum absolute atomic E-state index is 11.2. The van der Waals surface area contributed by atoms with Gasteiger partial charge in [-0.1, -0.05) is 0 Å². The minimum absolute atomic E-state index is 0.743. The Labute approximate surface area is 175 Å². The maximum Gasteiger partial charge on any atom is 0.321 e. The molecule has 0 aromatic carbocycles. The van der Waals surface area contributed by atoms with Crippen LogP contribution in [0.15, 0.2) is 0 Å². The van der Waals surface area contributed by atoms with E-state index in [1.54, 1.807) is 0 Å². The zero-order valence-electron chi connectivity index (χ0n) is 16.0. The van der Waals surface area contributed by atoms with Crippen molar-refractivity contribution in [2.24, 2.45) is 0 Å². The zero-order chi connectivity index (χ0) is 23.5. The highest BCUT2D eigenvalue weighted by Crippen LogP contribution is 2.28. The molecule has 0 aromatic rings. The third-order valence-corrected chi connectivity index (χ3v) is 5.05. The van der Waals surface area contributed by atoms with Gasteiger partial charge in [-0.2, -0.15) is 0 Å². The van der Waals surface area contributed by atoms with E-state index in [9.17, 15) is 45.3 Å². The van der Waals surface area contributed by atoms with Crippen LogP contribution in [0.4, 0.5) is 0 Å². The first kappa shape index (κ1) is 25.8. The Morgan fingerprint density at radius 2 is 1.45 bits per heavy atom. The standard InChI is InChI=1S/C16H27NO14/c18-2-5-8(22)9(23)12(26)16(30-5)31-13-6(3-19)29-14(11(25)10(13)24)17-4(15(27)28)1-7(20)21/h4-6,8-14,16-19,22-26H,1-3H2,(H,20,21)(H,27,28)/t4-,5+,6+,8-,9-,10+,11+,12+,13+,14?,16-/m0/s1. The van der Waals surface area contributed by atoms with Crippen molar-refractivity contribution in [2.45, 2.75) is 73.8 Å². The van der Waals surface area contributed by atoms with Gasteiger partial charge in [0.15, 0.2) is 6.29 Å². The van der Waals surface area contributed by atoms with Crippen molar-refractivity contribution < 1.29 is 69.8 Å². The van der Waals surface area contributed by atoms with Crippen LogP contribution in [0.1, 0.15) is 6.42 Å². The molecule has 2 aliphatic rings. The van der Waals surface area contributed by atoms with Gasteiger partial charge in [0.2, 0.25) is 0 Å². The summed E-state index contributed by atoms with van der Waals surface area (Å²) in [4.78, 5) is 22.0. The Morgan fingerprint density at radius 3 is 1.97 bits per heavy atom. The SMILES string of the molecule is O=C(O)C[C@H](NC1O[C@H](CO)[C@@H](O[C@@H]2O[C@H](CO)[C@H](O)[C@H](O)[C@H]2O)[C@H](O)[C@H]1O)C(=O)O. The van der Waals surface area contributed by atoms with Gasteiger partial charge >= 0.3 is 11.9 Å². The molecule has 31 heavy (non-hydrogen) atoms. The lowest BCUT2D eigenvalue weighted by atomic mass is 9.96. The molecule has 0 aliphatic carbocycles. The van der Waals surface area contributed by atoms with Crippen LogP contribution in [0.5, 0.6) is 0 Å². The highest BCUT2D eigenvalue weighted by atomic mass is 16.7. The molecule has 180 valence electrons. The summed E-state index contributed by atoms with van der Waals surface area (Å²) in [5, 5.41) is 89.4. The first-order valence-corrected chi connectivity index (χ1v) is 9.30. The Balaban J connectivity index is 2.13. The fourth-order valence-electron chi connectivity index (χ4n) is 3.32. The van der Waals surface area contributed by atoms with Gasteiger partial charge < -0.3 is 60.2 Å². The van der Waals surface area contributed by atoms with Crippen LogP contribution >= 0.6 is 0 Å². The van der Waals surface area contributed by atoms with Gasteiger partial charge in [0, 0.05) is 0 Å². The predicted octanol–water partition coefficient (Wildman–Crippen LogP) is -5.87. The van der Waals surface area contributed by atoms with Crippen molar-refractivity contribution in [3.05, 3.63) is 0 Å². The van der Waals surface area contributed by atoms with Crippen LogP contribution in [0.2, 0.25) is 0 Å². The molecule has 0 amide bonds. The van der Waals surface area contributed by atoms with E-state index in [0.717, 1.165) is 0 Å². The van der Waals surface area contributed by atoms with E-state index in [-0.39, 0.29) is 0 Å². The Morgan fingerprint density at radius 1 is 0.839 bits per heavy atom.